The van der Waals surface area contributed by atoms with Crippen LogP contribution in [0.15, 0.2) is 101 Å². The Kier molecular flexibility index (Phi) is 7.47. The summed E-state index contributed by atoms with van der Waals surface area (Å²) in [7, 11) is 0. The molecule has 3 aromatic carbocycles. The molecule has 0 fully saturated rings. The standard InChI is InChI=1S/C29H29N5OS/c1-2-3-13-20-30-29-31-26-25(28(35)33(29)23-16-9-5-10-17-23)27(36-21-22-14-7-4-8-15-22)32-34(26)24-18-11-6-12-19-24/h4-12,14-19H,2-3,13,20-21H2,1H3,(H,30,31). The lowest BCUT2D eigenvalue weighted by Gasteiger charge is -2.14. The number of hydrogen-bond donors (Lipinski definition) is 1. The molecule has 2 heterocycles. The number of aromatic nitrogens is 4. The fourth-order valence-electron chi connectivity index (χ4n) is 4.12. The maximum Gasteiger partial charge on any atom is 0.271 e. The van der Waals surface area contributed by atoms with Crippen molar-refractivity contribution >= 4 is 28.7 Å². The summed E-state index contributed by atoms with van der Waals surface area (Å²) in [5, 5.41) is 9.53. The lowest BCUT2D eigenvalue weighted by Crippen LogP contribution is -2.24. The third kappa shape index (κ3) is 5.06. The Bertz CT molecular complexity index is 1480. The summed E-state index contributed by atoms with van der Waals surface area (Å²) in [6.07, 6.45) is 3.25. The van der Waals surface area contributed by atoms with E-state index in [-0.39, 0.29) is 5.56 Å². The molecule has 5 rings (SSSR count). The van der Waals surface area contributed by atoms with Gasteiger partial charge in [-0.3, -0.25) is 4.79 Å². The van der Waals surface area contributed by atoms with Crippen LogP contribution in [-0.2, 0) is 5.75 Å². The summed E-state index contributed by atoms with van der Waals surface area (Å²) in [5.41, 5.74) is 3.26. The zero-order valence-electron chi connectivity index (χ0n) is 20.3. The fourth-order valence-corrected chi connectivity index (χ4v) is 5.08. The molecule has 0 aliphatic carbocycles. The molecule has 0 aliphatic rings. The minimum atomic E-state index is -0.123. The highest BCUT2D eigenvalue weighted by atomic mass is 32.2. The first-order chi connectivity index (χ1) is 17.8. The Labute approximate surface area is 215 Å². The van der Waals surface area contributed by atoms with E-state index in [0.29, 0.717) is 27.8 Å². The number of benzene rings is 3. The molecule has 182 valence electrons. The summed E-state index contributed by atoms with van der Waals surface area (Å²) < 4.78 is 3.47. The molecular weight excluding hydrogens is 466 g/mol. The molecule has 0 atom stereocenters. The molecule has 6 nitrogen and oxygen atoms in total. The van der Waals surface area contributed by atoms with E-state index >= 15 is 0 Å². The number of nitrogens with one attached hydrogen (secondary N) is 1. The van der Waals surface area contributed by atoms with Gasteiger partial charge in [0.1, 0.15) is 10.4 Å². The maximum absolute atomic E-state index is 14.1. The second kappa shape index (κ2) is 11.3. The van der Waals surface area contributed by atoms with Crippen LogP contribution < -0.4 is 10.9 Å². The van der Waals surface area contributed by atoms with Crippen LogP contribution in [-0.4, -0.2) is 25.9 Å². The summed E-state index contributed by atoms with van der Waals surface area (Å²) in [5.74, 6) is 1.25. The largest absolute Gasteiger partial charge is 0.355 e. The van der Waals surface area contributed by atoms with Crippen molar-refractivity contribution < 1.29 is 0 Å². The quantitative estimate of drug-likeness (QED) is 0.178. The predicted molar refractivity (Wildman–Crippen MR) is 148 cm³/mol. The molecule has 0 unspecified atom stereocenters. The summed E-state index contributed by atoms with van der Waals surface area (Å²) in [6.45, 7) is 2.92. The van der Waals surface area contributed by atoms with Crippen molar-refractivity contribution in [2.24, 2.45) is 0 Å². The number of fused-ring (bicyclic) bond motifs is 1. The second-order valence-electron chi connectivity index (χ2n) is 8.57. The topological polar surface area (TPSA) is 64.7 Å². The maximum atomic E-state index is 14.1. The van der Waals surface area contributed by atoms with Crippen molar-refractivity contribution in [2.75, 3.05) is 11.9 Å². The van der Waals surface area contributed by atoms with Gasteiger partial charge in [-0.05, 0) is 36.2 Å². The van der Waals surface area contributed by atoms with E-state index in [1.165, 1.54) is 5.56 Å². The zero-order chi connectivity index (χ0) is 24.7. The first kappa shape index (κ1) is 23.9. The normalized spacial score (nSPS) is 11.1. The van der Waals surface area contributed by atoms with Crippen LogP contribution in [0.2, 0.25) is 0 Å². The molecule has 0 radical (unpaired) electrons. The van der Waals surface area contributed by atoms with Gasteiger partial charge in [0.05, 0.1) is 11.4 Å². The number of nitrogens with zero attached hydrogens (tertiary/aromatic N) is 4. The molecule has 36 heavy (non-hydrogen) atoms. The van der Waals surface area contributed by atoms with Crippen molar-refractivity contribution in [3.8, 4) is 11.4 Å². The van der Waals surface area contributed by atoms with Crippen molar-refractivity contribution in [3.63, 3.8) is 0 Å². The smallest absolute Gasteiger partial charge is 0.271 e. The summed E-state index contributed by atoms with van der Waals surface area (Å²) in [6, 6.07) is 29.8. The molecule has 7 heteroatoms. The number of thioether (sulfide) groups is 1. The molecule has 0 spiro atoms. The summed E-state index contributed by atoms with van der Waals surface area (Å²) >= 11 is 1.56. The lowest BCUT2D eigenvalue weighted by atomic mass is 10.2. The first-order valence-corrected chi connectivity index (χ1v) is 13.3. The van der Waals surface area contributed by atoms with Crippen LogP contribution in [0.3, 0.4) is 0 Å². The van der Waals surface area contributed by atoms with Crippen LogP contribution >= 0.6 is 11.8 Å². The van der Waals surface area contributed by atoms with Gasteiger partial charge in [0.25, 0.3) is 5.56 Å². The van der Waals surface area contributed by atoms with Crippen LogP contribution in [0, 0.1) is 0 Å². The van der Waals surface area contributed by atoms with Gasteiger partial charge in [-0.2, -0.15) is 10.1 Å². The Morgan fingerprint density at radius 2 is 1.47 bits per heavy atom. The molecule has 0 amide bonds. The highest BCUT2D eigenvalue weighted by Crippen LogP contribution is 2.30. The van der Waals surface area contributed by atoms with E-state index in [9.17, 15) is 4.79 Å². The van der Waals surface area contributed by atoms with Gasteiger partial charge in [0.15, 0.2) is 5.65 Å². The first-order valence-electron chi connectivity index (χ1n) is 12.3. The van der Waals surface area contributed by atoms with E-state index < -0.39 is 0 Å². The average Bonchev–Trinajstić information content (AvgIpc) is 3.30. The number of rotatable bonds is 10. The summed E-state index contributed by atoms with van der Waals surface area (Å²) in [4.78, 5) is 19.1. The van der Waals surface area contributed by atoms with Crippen molar-refractivity contribution in [1.82, 2.24) is 19.3 Å². The van der Waals surface area contributed by atoms with Crippen LogP contribution in [0.1, 0.15) is 31.7 Å². The predicted octanol–water partition coefficient (Wildman–Crippen LogP) is 6.47. The molecular formula is C29H29N5OS. The average molecular weight is 496 g/mol. The van der Waals surface area contributed by atoms with Crippen LogP contribution in [0.5, 0.6) is 0 Å². The second-order valence-corrected chi connectivity index (χ2v) is 9.53. The number of anilines is 1. The Morgan fingerprint density at radius 1 is 0.833 bits per heavy atom. The van der Waals surface area contributed by atoms with Gasteiger partial charge in [0, 0.05) is 12.3 Å². The highest BCUT2D eigenvalue weighted by molar-refractivity contribution is 7.98. The van der Waals surface area contributed by atoms with E-state index in [0.717, 1.165) is 37.2 Å². The Balaban J connectivity index is 1.68. The molecule has 5 aromatic rings. The monoisotopic (exact) mass is 495 g/mol. The number of para-hydroxylation sites is 2. The van der Waals surface area contributed by atoms with Gasteiger partial charge < -0.3 is 5.32 Å². The van der Waals surface area contributed by atoms with Gasteiger partial charge in [-0.1, -0.05) is 98.3 Å². The van der Waals surface area contributed by atoms with E-state index in [2.05, 4.69) is 24.4 Å². The van der Waals surface area contributed by atoms with Gasteiger partial charge in [-0.25, -0.2) is 9.25 Å². The molecule has 2 aromatic heterocycles. The third-order valence-corrected chi connectivity index (χ3v) is 7.00. The van der Waals surface area contributed by atoms with E-state index in [1.807, 2.05) is 78.9 Å². The minimum Gasteiger partial charge on any atom is -0.355 e. The number of hydrogen-bond acceptors (Lipinski definition) is 5. The molecule has 0 bridgehead atoms. The van der Waals surface area contributed by atoms with Crippen molar-refractivity contribution in [3.05, 3.63) is 107 Å². The Hall–Kier alpha value is -3.84. The fraction of sp³-hybridized carbons (Fsp3) is 0.207. The van der Waals surface area contributed by atoms with E-state index in [4.69, 9.17) is 10.1 Å². The van der Waals surface area contributed by atoms with E-state index in [1.54, 1.807) is 21.0 Å². The third-order valence-electron chi connectivity index (χ3n) is 5.97. The van der Waals surface area contributed by atoms with Crippen molar-refractivity contribution in [2.45, 2.75) is 37.0 Å². The highest BCUT2D eigenvalue weighted by Gasteiger charge is 2.22. The molecule has 0 aliphatic heterocycles. The van der Waals surface area contributed by atoms with Crippen molar-refractivity contribution in [1.29, 1.82) is 0 Å². The van der Waals surface area contributed by atoms with Gasteiger partial charge in [-0.15, -0.1) is 0 Å². The number of unbranched alkanes of at least 4 members (excludes halogenated alkanes) is 2. The Morgan fingerprint density at radius 3 is 2.14 bits per heavy atom. The van der Waals surface area contributed by atoms with Gasteiger partial charge in [0.2, 0.25) is 5.95 Å². The zero-order valence-corrected chi connectivity index (χ0v) is 21.1. The van der Waals surface area contributed by atoms with Gasteiger partial charge >= 0.3 is 0 Å². The van der Waals surface area contributed by atoms with Crippen LogP contribution in [0.25, 0.3) is 22.4 Å². The van der Waals surface area contributed by atoms with Crippen LogP contribution in [0.4, 0.5) is 5.95 Å². The lowest BCUT2D eigenvalue weighted by molar-refractivity contribution is 0.737. The molecule has 0 saturated carbocycles. The minimum absolute atomic E-state index is 0.123. The molecule has 0 saturated heterocycles. The SMILES string of the molecule is CCCCCNc1nc2c(c(SCc3ccccc3)nn2-c2ccccc2)c(=O)n1-c1ccccc1. The molecule has 1 N–H and O–H groups in total.